The Balaban J connectivity index is 1.26. The summed E-state index contributed by atoms with van der Waals surface area (Å²) in [6, 6.07) is 12.6. The second-order valence-electron chi connectivity index (χ2n) is 7.84. The van der Waals surface area contributed by atoms with Crippen molar-refractivity contribution in [2.75, 3.05) is 0 Å². The summed E-state index contributed by atoms with van der Waals surface area (Å²) < 4.78 is 5.77. The zero-order valence-corrected chi connectivity index (χ0v) is 17.4. The van der Waals surface area contributed by atoms with Gasteiger partial charge in [0.1, 0.15) is 12.4 Å². The quantitative estimate of drug-likeness (QED) is 0.384. The minimum atomic E-state index is -0.253. The number of hydrazone groups is 1. The molecule has 5 nitrogen and oxygen atoms in total. The van der Waals surface area contributed by atoms with Crippen molar-refractivity contribution in [1.29, 1.82) is 0 Å². The molecule has 3 aliphatic rings. The fourth-order valence-corrected chi connectivity index (χ4v) is 4.95. The molecule has 0 unspecified atom stereocenters. The largest absolute Gasteiger partial charge is 0.487 e. The first-order chi connectivity index (χ1) is 14.5. The molecular formula is C23H18Cl2N2O3. The Kier molecular flexibility index (Phi) is 4.88. The highest BCUT2D eigenvalue weighted by molar-refractivity contribution is 6.32. The molecule has 5 rings (SSSR count). The second kappa shape index (κ2) is 7.56. The van der Waals surface area contributed by atoms with E-state index in [0.717, 1.165) is 17.0 Å². The predicted octanol–water partition coefficient (Wildman–Crippen LogP) is 4.71. The number of imide groups is 1. The lowest BCUT2D eigenvalue weighted by Gasteiger charge is -2.13. The summed E-state index contributed by atoms with van der Waals surface area (Å²) in [6.45, 7) is 0.361. The summed E-state index contributed by atoms with van der Waals surface area (Å²) in [6.07, 6.45) is 6.51. The predicted molar refractivity (Wildman–Crippen MR) is 114 cm³/mol. The fourth-order valence-electron chi connectivity index (χ4n) is 4.58. The van der Waals surface area contributed by atoms with Crippen molar-refractivity contribution in [3.05, 3.63) is 75.8 Å². The van der Waals surface area contributed by atoms with Crippen molar-refractivity contribution in [3.8, 4) is 5.75 Å². The normalized spacial score (nSPS) is 26.8. The SMILES string of the molecule is O=C1[C@@H]2[C@H](C(=O)N1N=Cc1ccc(OCc3ccc(Cl)cc3)c(Cl)c1)[C@H]1C=C[C@H]2C1. The number of ether oxygens (including phenoxy) is 1. The van der Waals surface area contributed by atoms with E-state index in [4.69, 9.17) is 27.9 Å². The van der Waals surface area contributed by atoms with Crippen LogP contribution in [0.3, 0.4) is 0 Å². The molecule has 0 radical (unpaired) electrons. The van der Waals surface area contributed by atoms with E-state index in [-0.39, 0.29) is 35.5 Å². The Morgan fingerprint density at radius 1 is 1.00 bits per heavy atom. The zero-order chi connectivity index (χ0) is 20.8. The van der Waals surface area contributed by atoms with Gasteiger partial charge in [-0.15, -0.1) is 0 Å². The summed E-state index contributed by atoms with van der Waals surface area (Å²) in [5, 5.41) is 6.30. The Hall–Kier alpha value is -2.63. The van der Waals surface area contributed by atoms with Gasteiger partial charge in [0.2, 0.25) is 0 Å². The molecule has 30 heavy (non-hydrogen) atoms. The van der Waals surface area contributed by atoms with E-state index in [2.05, 4.69) is 17.3 Å². The summed E-state index contributed by atoms with van der Waals surface area (Å²) in [5.74, 6) is -0.0337. The topological polar surface area (TPSA) is 59.0 Å². The number of nitrogens with zero attached hydrogens (tertiary/aromatic N) is 2. The smallest absolute Gasteiger partial charge is 0.254 e. The first-order valence-corrected chi connectivity index (χ1v) is 10.5. The highest BCUT2D eigenvalue weighted by Crippen LogP contribution is 2.52. The zero-order valence-electron chi connectivity index (χ0n) is 15.9. The van der Waals surface area contributed by atoms with Crippen molar-refractivity contribution in [1.82, 2.24) is 5.01 Å². The maximum Gasteiger partial charge on any atom is 0.254 e. The molecule has 0 spiro atoms. The molecule has 1 saturated carbocycles. The van der Waals surface area contributed by atoms with Crippen molar-refractivity contribution in [2.45, 2.75) is 13.0 Å². The number of rotatable bonds is 5. The lowest BCUT2D eigenvalue weighted by Crippen LogP contribution is -2.28. The van der Waals surface area contributed by atoms with Crippen LogP contribution in [0.15, 0.2) is 59.7 Å². The average molecular weight is 441 g/mol. The molecule has 1 aliphatic heterocycles. The van der Waals surface area contributed by atoms with E-state index in [0.29, 0.717) is 28.0 Å². The molecule has 7 heteroatoms. The maximum absolute atomic E-state index is 12.7. The first kappa shape index (κ1) is 19.3. The van der Waals surface area contributed by atoms with E-state index < -0.39 is 0 Å². The van der Waals surface area contributed by atoms with Gasteiger partial charge < -0.3 is 4.74 Å². The van der Waals surface area contributed by atoms with E-state index in [1.54, 1.807) is 30.3 Å². The molecule has 2 bridgehead atoms. The molecule has 0 N–H and O–H groups in total. The van der Waals surface area contributed by atoms with E-state index >= 15 is 0 Å². The first-order valence-electron chi connectivity index (χ1n) is 9.78. The van der Waals surface area contributed by atoms with Crippen LogP contribution < -0.4 is 4.74 Å². The molecule has 4 atom stereocenters. The average Bonchev–Trinajstić information content (AvgIpc) is 3.41. The number of amides is 2. The van der Waals surface area contributed by atoms with Crippen LogP contribution in [0.25, 0.3) is 0 Å². The summed E-state index contributed by atoms with van der Waals surface area (Å²) >= 11 is 12.2. The third-order valence-corrected chi connectivity index (χ3v) is 6.58. The summed E-state index contributed by atoms with van der Waals surface area (Å²) in [5.41, 5.74) is 1.65. The van der Waals surface area contributed by atoms with Gasteiger partial charge in [-0.05, 0) is 59.7 Å². The molecule has 1 saturated heterocycles. The summed E-state index contributed by atoms with van der Waals surface area (Å²) in [4.78, 5) is 25.3. The third-order valence-electron chi connectivity index (χ3n) is 6.03. The molecule has 2 aromatic carbocycles. The Bertz CT molecular complexity index is 1050. The molecule has 1 heterocycles. The minimum Gasteiger partial charge on any atom is -0.487 e. The third kappa shape index (κ3) is 3.32. The van der Waals surface area contributed by atoms with Gasteiger partial charge in [0, 0.05) is 5.02 Å². The molecule has 152 valence electrons. The minimum absolute atomic E-state index is 0.170. The second-order valence-corrected chi connectivity index (χ2v) is 8.68. The highest BCUT2D eigenvalue weighted by Gasteiger charge is 2.59. The molecule has 2 fully saturated rings. The number of fused-ring (bicyclic) bond motifs is 5. The van der Waals surface area contributed by atoms with Gasteiger partial charge in [-0.3, -0.25) is 9.59 Å². The van der Waals surface area contributed by atoms with Gasteiger partial charge in [0.15, 0.2) is 0 Å². The van der Waals surface area contributed by atoms with Crippen molar-refractivity contribution in [3.63, 3.8) is 0 Å². The van der Waals surface area contributed by atoms with Crippen LogP contribution in [0.2, 0.25) is 10.0 Å². The van der Waals surface area contributed by atoms with Crippen LogP contribution in [0.5, 0.6) is 5.75 Å². The van der Waals surface area contributed by atoms with Crippen LogP contribution in [0.4, 0.5) is 0 Å². The molecular weight excluding hydrogens is 423 g/mol. The maximum atomic E-state index is 12.7. The molecule has 2 amide bonds. The van der Waals surface area contributed by atoms with Crippen molar-refractivity contribution in [2.24, 2.45) is 28.8 Å². The standard InChI is InChI=1S/C23H18Cl2N2O3/c24-17-6-1-13(2-7-17)12-30-19-8-3-14(9-18(19)25)11-26-27-22(28)20-15-4-5-16(10-15)21(20)23(27)29/h1-9,11,15-16,20-21H,10,12H2/t15-,16-,20-,21+/m0/s1. The van der Waals surface area contributed by atoms with Gasteiger partial charge in [0.05, 0.1) is 23.1 Å². The lowest BCUT2D eigenvalue weighted by molar-refractivity contribution is -0.140. The molecule has 2 aromatic rings. The van der Waals surface area contributed by atoms with Gasteiger partial charge >= 0.3 is 0 Å². The Morgan fingerprint density at radius 2 is 1.67 bits per heavy atom. The van der Waals surface area contributed by atoms with E-state index in [1.807, 2.05) is 12.1 Å². The van der Waals surface area contributed by atoms with Gasteiger partial charge in [-0.25, -0.2) is 0 Å². The molecule has 0 aromatic heterocycles. The number of carbonyl (C=O) groups is 2. The van der Waals surface area contributed by atoms with Gasteiger partial charge in [-0.1, -0.05) is 47.5 Å². The number of halogens is 2. The Morgan fingerprint density at radius 3 is 2.30 bits per heavy atom. The van der Waals surface area contributed by atoms with Crippen LogP contribution >= 0.6 is 23.2 Å². The van der Waals surface area contributed by atoms with E-state index in [1.165, 1.54) is 6.21 Å². The molecule has 2 aliphatic carbocycles. The van der Waals surface area contributed by atoms with Crippen LogP contribution in [-0.2, 0) is 16.2 Å². The number of carbonyl (C=O) groups excluding carboxylic acids is 2. The number of hydrogen-bond acceptors (Lipinski definition) is 4. The van der Waals surface area contributed by atoms with Gasteiger partial charge in [0.25, 0.3) is 11.8 Å². The lowest BCUT2D eigenvalue weighted by atomic mass is 9.85. The van der Waals surface area contributed by atoms with E-state index in [9.17, 15) is 9.59 Å². The monoisotopic (exact) mass is 440 g/mol. The number of hydrogen-bond donors (Lipinski definition) is 0. The van der Waals surface area contributed by atoms with Crippen LogP contribution in [0.1, 0.15) is 17.5 Å². The number of benzene rings is 2. The summed E-state index contributed by atoms with van der Waals surface area (Å²) in [7, 11) is 0. The highest BCUT2D eigenvalue weighted by atomic mass is 35.5. The van der Waals surface area contributed by atoms with Crippen LogP contribution in [-0.4, -0.2) is 23.0 Å². The van der Waals surface area contributed by atoms with Crippen molar-refractivity contribution < 1.29 is 14.3 Å². The fraction of sp³-hybridized carbons (Fsp3) is 0.261. The van der Waals surface area contributed by atoms with Gasteiger partial charge in [-0.2, -0.15) is 10.1 Å². The Labute approximate surface area is 183 Å². The van der Waals surface area contributed by atoms with Crippen LogP contribution in [0, 0.1) is 23.7 Å². The van der Waals surface area contributed by atoms with Crippen molar-refractivity contribution >= 4 is 41.2 Å². The number of allylic oxidation sites excluding steroid dienone is 2.